The highest BCUT2D eigenvalue weighted by molar-refractivity contribution is 5.94. The molecule has 1 aromatic heterocycles. The van der Waals surface area contributed by atoms with E-state index in [0.29, 0.717) is 5.56 Å². The second-order valence-electron chi connectivity index (χ2n) is 5.77. The number of aromatic nitrogens is 1. The van der Waals surface area contributed by atoms with E-state index in [1.54, 1.807) is 6.07 Å². The van der Waals surface area contributed by atoms with Gasteiger partial charge in [0.15, 0.2) is 0 Å². The molecule has 104 valence electrons. The van der Waals surface area contributed by atoms with E-state index in [-0.39, 0.29) is 17.5 Å². The SMILES string of the molecule is CC(C)C1CCC(NC(=O)c2cc[nH]c(=O)c2)CC1. The van der Waals surface area contributed by atoms with E-state index in [1.165, 1.54) is 25.1 Å². The molecule has 1 saturated carbocycles. The van der Waals surface area contributed by atoms with Crippen molar-refractivity contribution in [3.05, 3.63) is 34.2 Å². The molecule has 4 heteroatoms. The predicted octanol–water partition coefficient (Wildman–Crippen LogP) is 2.32. The second kappa shape index (κ2) is 6.04. The first-order valence-corrected chi connectivity index (χ1v) is 7.06. The van der Waals surface area contributed by atoms with Crippen molar-refractivity contribution in [1.29, 1.82) is 0 Å². The predicted molar refractivity (Wildman–Crippen MR) is 75.1 cm³/mol. The quantitative estimate of drug-likeness (QED) is 0.878. The highest BCUT2D eigenvalue weighted by atomic mass is 16.2. The molecule has 0 aliphatic heterocycles. The number of carbonyl (C=O) groups excluding carboxylic acids is 1. The van der Waals surface area contributed by atoms with E-state index in [0.717, 1.165) is 24.7 Å². The molecule has 1 aliphatic carbocycles. The van der Waals surface area contributed by atoms with E-state index in [1.807, 2.05) is 0 Å². The molecule has 0 bridgehead atoms. The normalized spacial score (nSPS) is 23.3. The van der Waals surface area contributed by atoms with Crippen molar-refractivity contribution in [3.8, 4) is 0 Å². The van der Waals surface area contributed by atoms with Crippen LogP contribution in [0.1, 0.15) is 49.9 Å². The number of carbonyl (C=O) groups is 1. The van der Waals surface area contributed by atoms with Gasteiger partial charge in [0.25, 0.3) is 5.91 Å². The molecule has 0 unspecified atom stereocenters. The minimum atomic E-state index is -0.240. The average molecular weight is 262 g/mol. The van der Waals surface area contributed by atoms with Gasteiger partial charge in [0, 0.05) is 23.9 Å². The Labute approximate surface area is 113 Å². The van der Waals surface area contributed by atoms with Gasteiger partial charge in [-0.3, -0.25) is 9.59 Å². The molecule has 2 rings (SSSR count). The zero-order valence-corrected chi connectivity index (χ0v) is 11.6. The van der Waals surface area contributed by atoms with E-state index in [4.69, 9.17) is 0 Å². The number of amides is 1. The highest BCUT2D eigenvalue weighted by Gasteiger charge is 2.24. The first-order chi connectivity index (χ1) is 9.06. The van der Waals surface area contributed by atoms with Crippen molar-refractivity contribution >= 4 is 5.91 Å². The number of H-pyrrole nitrogens is 1. The Morgan fingerprint density at radius 3 is 2.58 bits per heavy atom. The van der Waals surface area contributed by atoms with Crippen molar-refractivity contribution in [2.75, 3.05) is 0 Å². The Hall–Kier alpha value is -1.58. The third-order valence-corrected chi connectivity index (χ3v) is 4.09. The number of pyridine rings is 1. The third kappa shape index (κ3) is 3.69. The van der Waals surface area contributed by atoms with Gasteiger partial charge in [-0.2, -0.15) is 0 Å². The first kappa shape index (κ1) is 13.8. The fraction of sp³-hybridized carbons (Fsp3) is 0.600. The van der Waals surface area contributed by atoms with Gasteiger partial charge in [0.2, 0.25) is 5.56 Å². The maximum atomic E-state index is 12.0. The summed E-state index contributed by atoms with van der Waals surface area (Å²) < 4.78 is 0. The van der Waals surface area contributed by atoms with Gasteiger partial charge in [0.05, 0.1) is 0 Å². The molecule has 1 heterocycles. The van der Waals surface area contributed by atoms with Gasteiger partial charge in [-0.05, 0) is 43.6 Å². The summed E-state index contributed by atoms with van der Waals surface area (Å²) >= 11 is 0. The van der Waals surface area contributed by atoms with Gasteiger partial charge in [0.1, 0.15) is 0 Å². The third-order valence-electron chi connectivity index (χ3n) is 4.09. The molecule has 19 heavy (non-hydrogen) atoms. The molecule has 0 saturated heterocycles. The lowest BCUT2D eigenvalue weighted by atomic mass is 9.79. The Kier molecular flexibility index (Phi) is 4.40. The Morgan fingerprint density at radius 2 is 2.00 bits per heavy atom. The molecule has 1 aliphatic rings. The number of nitrogens with one attached hydrogen (secondary N) is 2. The van der Waals surface area contributed by atoms with Crippen LogP contribution in [0.4, 0.5) is 0 Å². The molecule has 0 spiro atoms. The summed E-state index contributed by atoms with van der Waals surface area (Å²) in [4.78, 5) is 25.7. The molecule has 1 fully saturated rings. The number of hydrogen-bond donors (Lipinski definition) is 2. The van der Waals surface area contributed by atoms with Crippen molar-refractivity contribution < 1.29 is 4.79 Å². The summed E-state index contributed by atoms with van der Waals surface area (Å²) in [6.45, 7) is 4.53. The van der Waals surface area contributed by atoms with Gasteiger partial charge in [-0.15, -0.1) is 0 Å². The van der Waals surface area contributed by atoms with Crippen LogP contribution in [-0.2, 0) is 0 Å². The van der Waals surface area contributed by atoms with Crippen LogP contribution in [0.5, 0.6) is 0 Å². The lowest BCUT2D eigenvalue weighted by Crippen LogP contribution is -2.38. The Bertz CT molecular complexity index is 485. The number of rotatable bonds is 3. The van der Waals surface area contributed by atoms with E-state index in [2.05, 4.69) is 24.1 Å². The van der Waals surface area contributed by atoms with E-state index in [9.17, 15) is 9.59 Å². The fourth-order valence-corrected chi connectivity index (χ4v) is 2.78. The van der Waals surface area contributed by atoms with Crippen LogP contribution in [0, 0.1) is 11.8 Å². The lowest BCUT2D eigenvalue weighted by molar-refractivity contribution is 0.0917. The zero-order chi connectivity index (χ0) is 13.8. The summed E-state index contributed by atoms with van der Waals surface area (Å²) in [5, 5.41) is 3.03. The van der Waals surface area contributed by atoms with Gasteiger partial charge in [-0.25, -0.2) is 0 Å². The molecule has 0 aromatic carbocycles. The molecular formula is C15H22N2O2. The maximum Gasteiger partial charge on any atom is 0.251 e. The summed E-state index contributed by atoms with van der Waals surface area (Å²) in [7, 11) is 0. The monoisotopic (exact) mass is 262 g/mol. The molecular weight excluding hydrogens is 240 g/mol. The van der Waals surface area contributed by atoms with Crippen LogP contribution in [0.25, 0.3) is 0 Å². The van der Waals surface area contributed by atoms with Crippen LogP contribution in [0.15, 0.2) is 23.1 Å². The molecule has 1 amide bonds. The summed E-state index contributed by atoms with van der Waals surface area (Å²) in [6.07, 6.45) is 5.94. The van der Waals surface area contributed by atoms with Crippen LogP contribution in [-0.4, -0.2) is 16.9 Å². The summed E-state index contributed by atoms with van der Waals surface area (Å²) in [6, 6.07) is 3.23. The highest BCUT2D eigenvalue weighted by Crippen LogP contribution is 2.29. The maximum absolute atomic E-state index is 12.0. The molecule has 0 radical (unpaired) electrons. The Morgan fingerprint density at radius 1 is 1.32 bits per heavy atom. The molecule has 4 nitrogen and oxygen atoms in total. The molecule has 2 N–H and O–H groups in total. The smallest absolute Gasteiger partial charge is 0.251 e. The number of hydrogen-bond acceptors (Lipinski definition) is 2. The van der Waals surface area contributed by atoms with Gasteiger partial charge in [-0.1, -0.05) is 13.8 Å². The van der Waals surface area contributed by atoms with Crippen molar-refractivity contribution in [2.45, 2.75) is 45.6 Å². The van der Waals surface area contributed by atoms with E-state index >= 15 is 0 Å². The van der Waals surface area contributed by atoms with Crippen LogP contribution >= 0.6 is 0 Å². The zero-order valence-electron chi connectivity index (χ0n) is 11.6. The van der Waals surface area contributed by atoms with Crippen LogP contribution < -0.4 is 10.9 Å². The van der Waals surface area contributed by atoms with Crippen molar-refractivity contribution in [2.24, 2.45) is 11.8 Å². The van der Waals surface area contributed by atoms with Crippen molar-refractivity contribution in [3.63, 3.8) is 0 Å². The minimum absolute atomic E-state index is 0.140. The van der Waals surface area contributed by atoms with E-state index < -0.39 is 0 Å². The second-order valence-corrected chi connectivity index (χ2v) is 5.77. The van der Waals surface area contributed by atoms with Crippen LogP contribution in [0.2, 0.25) is 0 Å². The average Bonchev–Trinajstić information content (AvgIpc) is 2.39. The van der Waals surface area contributed by atoms with Gasteiger partial charge < -0.3 is 10.3 Å². The standard InChI is InChI=1S/C15H22N2O2/c1-10(2)11-3-5-13(6-4-11)17-15(19)12-7-8-16-14(18)9-12/h7-11,13H,3-6H2,1-2H3,(H,16,18)(H,17,19). The molecule has 0 atom stereocenters. The number of aromatic amines is 1. The fourth-order valence-electron chi connectivity index (χ4n) is 2.78. The minimum Gasteiger partial charge on any atom is -0.349 e. The first-order valence-electron chi connectivity index (χ1n) is 7.06. The Balaban J connectivity index is 1.89. The summed E-state index contributed by atoms with van der Waals surface area (Å²) in [5.74, 6) is 1.37. The molecule has 1 aromatic rings. The van der Waals surface area contributed by atoms with Gasteiger partial charge >= 0.3 is 0 Å². The van der Waals surface area contributed by atoms with Crippen LogP contribution in [0.3, 0.4) is 0 Å². The van der Waals surface area contributed by atoms with Crippen molar-refractivity contribution in [1.82, 2.24) is 10.3 Å². The largest absolute Gasteiger partial charge is 0.349 e. The topological polar surface area (TPSA) is 62.0 Å². The summed E-state index contributed by atoms with van der Waals surface area (Å²) in [5.41, 5.74) is 0.200. The lowest BCUT2D eigenvalue weighted by Gasteiger charge is -2.31.